The van der Waals surface area contributed by atoms with Crippen molar-refractivity contribution in [1.29, 1.82) is 0 Å². The molecule has 0 bridgehead atoms. The molecule has 0 atom stereocenters. The number of hydrogen-bond acceptors (Lipinski definition) is 4. The lowest BCUT2D eigenvalue weighted by Gasteiger charge is -2.00. The van der Waals surface area contributed by atoms with Gasteiger partial charge in [0.2, 0.25) is 0 Å². The maximum atomic E-state index is 10.6. The number of nitrogens with two attached hydrogens (primary N) is 1. The van der Waals surface area contributed by atoms with E-state index < -0.39 is 18.0 Å². The number of nitrogens with one attached hydrogen (secondary N) is 2. The third-order valence-electron chi connectivity index (χ3n) is 2.31. The minimum atomic E-state index is -0.745. The number of primary amides is 1. The highest BCUT2D eigenvalue weighted by Gasteiger charge is 2.03. The largest absolute Gasteiger partial charge is 0.481 e. The lowest BCUT2D eigenvalue weighted by molar-refractivity contribution is -0.137. The van der Waals surface area contributed by atoms with Crippen molar-refractivity contribution >= 4 is 34.7 Å². The normalized spacial score (nSPS) is 8.96. The average molecular weight is 324 g/mol. The van der Waals surface area contributed by atoms with Crippen LogP contribution in [-0.4, -0.2) is 38.2 Å². The molecule has 1 aromatic heterocycles. The number of fused-ring (bicyclic) bond motifs is 1. The van der Waals surface area contributed by atoms with Gasteiger partial charge in [-0.15, -0.1) is 0 Å². The van der Waals surface area contributed by atoms with Crippen molar-refractivity contribution in [2.45, 2.75) is 26.7 Å². The number of anilines is 1. The van der Waals surface area contributed by atoms with Gasteiger partial charge in [-0.1, -0.05) is 19.9 Å². The molecule has 0 spiro atoms. The maximum Gasteiger partial charge on any atom is 0.316 e. The Balaban J connectivity index is 0.000000406. The van der Waals surface area contributed by atoms with Gasteiger partial charge in [0.1, 0.15) is 5.52 Å². The molecule has 126 valence electrons. The third kappa shape index (κ3) is 8.71. The highest BCUT2D eigenvalue weighted by atomic mass is 16.4. The highest BCUT2D eigenvalue weighted by Crippen LogP contribution is 2.18. The molecule has 0 unspecified atom stereocenters. The molecule has 2 aromatic rings. The molecule has 2 rings (SSSR count). The predicted octanol–water partition coefficient (Wildman–Crippen LogP) is 2.02. The van der Waals surface area contributed by atoms with E-state index in [4.69, 9.17) is 15.9 Å². The first-order valence-electron chi connectivity index (χ1n) is 6.73. The number of amides is 2. The second-order valence-corrected chi connectivity index (χ2v) is 4.09. The molecular weight excluding hydrogens is 304 g/mol. The molecule has 2 amide bonds. The van der Waals surface area contributed by atoms with Crippen LogP contribution >= 0.6 is 0 Å². The molecule has 0 aliphatic rings. The van der Waals surface area contributed by atoms with E-state index >= 15 is 0 Å². The number of carbonyl (C=O) groups excluding carboxylic acids is 1. The molecule has 0 radical (unpaired) electrons. The summed E-state index contributed by atoms with van der Waals surface area (Å²) in [6, 6.07) is 4.84. The lowest BCUT2D eigenvalue weighted by atomic mass is 10.3. The zero-order valence-corrected chi connectivity index (χ0v) is 12.9. The maximum absolute atomic E-state index is 10.6. The number of benzene rings is 1. The minimum absolute atomic E-state index is 0.222. The van der Waals surface area contributed by atoms with Gasteiger partial charge in [-0.05, 0) is 12.1 Å². The number of H-pyrrole nitrogens is 1. The standard InChI is InChI=1S/C8H8N4O.2C3H6O2/c9-8(13)12-6-3-1-2-5-7(6)11-4-10-5;2*1-2-3(4)5/h1-4H,(H,10,11)(H3,9,12,13);2*2H2,1H3,(H,4,5). The molecule has 9 nitrogen and oxygen atoms in total. The van der Waals surface area contributed by atoms with Crippen LogP contribution in [0.3, 0.4) is 0 Å². The number of aliphatic carboxylic acids is 2. The van der Waals surface area contributed by atoms with Gasteiger partial charge in [0.25, 0.3) is 0 Å². The summed E-state index contributed by atoms with van der Waals surface area (Å²) in [6.07, 6.45) is 2.01. The number of nitrogens with zero attached hydrogens (tertiary/aromatic N) is 1. The van der Waals surface area contributed by atoms with Gasteiger partial charge in [0, 0.05) is 12.8 Å². The van der Waals surface area contributed by atoms with Crippen LogP contribution in [-0.2, 0) is 9.59 Å². The van der Waals surface area contributed by atoms with Crippen LogP contribution < -0.4 is 11.1 Å². The van der Waals surface area contributed by atoms with Crippen molar-refractivity contribution < 1.29 is 24.6 Å². The number of urea groups is 1. The third-order valence-corrected chi connectivity index (χ3v) is 2.31. The Hall–Kier alpha value is -3.10. The van der Waals surface area contributed by atoms with Crippen molar-refractivity contribution in [1.82, 2.24) is 9.97 Å². The molecule has 9 heteroatoms. The van der Waals surface area contributed by atoms with Crippen LogP contribution in [0.15, 0.2) is 24.5 Å². The summed E-state index contributed by atoms with van der Waals surface area (Å²) in [7, 11) is 0. The summed E-state index contributed by atoms with van der Waals surface area (Å²) in [5.41, 5.74) is 7.19. The Morgan fingerprint density at radius 2 is 1.70 bits per heavy atom. The SMILES string of the molecule is CCC(=O)O.CCC(=O)O.NC(=O)Nc1cccc2[nH]cnc12. The van der Waals surface area contributed by atoms with E-state index in [1.165, 1.54) is 0 Å². The Labute approximate surface area is 132 Å². The fraction of sp³-hybridized carbons (Fsp3) is 0.286. The average Bonchev–Trinajstić information content (AvgIpc) is 2.97. The first-order chi connectivity index (χ1) is 10.8. The van der Waals surface area contributed by atoms with Gasteiger partial charge in [-0.2, -0.15) is 0 Å². The number of hydrogen-bond donors (Lipinski definition) is 5. The van der Waals surface area contributed by atoms with Crippen molar-refractivity contribution in [3.63, 3.8) is 0 Å². The van der Waals surface area contributed by atoms with E-state index in [2.05, 4.69) is 15.3 Å². The first kappa shape index (κ1) is 19.9. The second kappa shape index (κ2) is 10.6. The predicted molar refractivity (Wildman–Crippen MR) is 85.2 cm³/mol. The lowest BCUT2D eigenvalue weighted by Crippen LogP contribution is -2.19. The Kier molecular flexibility index (Phi) is 9.17. The summed E-state index contributed by atoms with van der Waals surface area (Å²) >= 11 is 0. The number of para-hydroxylation sites is 1. The van der Waals surface area contributed by atoms with E-state index in [1.807, 2.05) is 12.1 Å². The number of carbonyl (C=O) groups is 3. The van der Waals surface area contributed by atoms with Crippen molar-refractivity contribution in [2.24, 2.45) is 5.73 Å². The van der Waals surface area contributed by atoms with Crippen LogP contribution in [0, 0.1) is 0 Å². The molecule has 0 saturated carbocycles. The molecule has 0 saturated heterocycles. The topological polar surface area (TPSA) is 158 Å². The zero-order chi connectivity index (χ0) is 17.8. The van der Waals surface area contributed by atoms with Gasteiger partial charge < -0.3 is 26.2 Å². The van der Waals surface area contributed by atoms with Crippen LogP contribution in [0.1, 0.15) is 26.7 Å². The van der Waals surface area contributed by atoms with E-state index in [1.54, 1.807) is 26.2 Å². The summed E-state index contributed by atoms with van der Waals surface area (Å²) in [5.74, 6) is -1.49. The van der Waals surface area contributed by atoms with E-state index in [-0.39, 0.29) is 12.8 Å². The van der Waals surface area contributed by atoms with Gasteiger partial charge >= 0.3 is 18.0 Å². The van der Waals surface area contributed by atoms with E-state index in [0.717, 1.165) is 5.52 Å². The molecular formula is C14H20N4O5. The van der Waals surface area contributed by atoms with Gasteiger partial charge in [0.05, 0.1) is 17.5 Å². The number of aromatic nitrogens is 2. The summed E-state index contributed by atoms with van der Waals surface area (Å²) < 4.78 is 0. The fourth-order valence-corrected chi connectivity index (χ4v) is 1.20. The zero-order valence-electron chi connectivity index (χ0n) is 12.9. The summed E-state index contributed by atoms with van der Waals surface area (Å²) in [5, 5.41) is 17.9. The van der Waals surface area contributed by atoms with Crippen LogP contribution in [0.4, 0.5) is 10.5 Å². The number of rotatable bonds is 3. The molecule has 6 N–H and O–H groups in total. The monoisotopic (exact) mass is 324 g/mol. The first-order valence-corrected chi connectivity index (χ1v) is 6.73. The number of imidazole rings is 1. The Bertz CT molecular complexity index is 639. The molecule has 0 aliphatic heterocycles. The Morgan fingerprint density at radius 3 is 2.13 bits per heavy atom. The van der Waals surface area contributed by atoms with Crippen molar-refractivity contribution in [2.75, 3.05) is 5.32 Å². The van der Waals surface area contributed by atoms with Gasteiger partial charge in [0.15, 0.2) is 0 Å². The van der Waals surface area contributed by atoms with Crippen LogP contribution in [0.25, 0.3) is 11.0 Å². The van der Waals surface area contributed by atoms with Crippen LogP contribution in [0.2, 0.25) is 0 Å². The quantitative estimate of drug-likeness (QED) is 0.580. The van der Waals surface area contributed by atoms with E-state index in [0.29, 0.717) is 11.2 Å². The summed E-state index contributed by atoms with van der Waals surface area (Å²) in [6.45, 7) is 3.20. The highest BCUT2D eigenvalue weighted by molar-refractivity contribution is 5.97. The summed E-state index contributed by atoms with van der Waals surface area (Å²) in [4.78, 5) is 36.3. The molecule has 23 heavy (non-hydrogen) atoms. The fourth-order valence-electron chi connectivity index (χ4n) is 1.20. The van der Waals surface area contributed by atoms with Crippen molar-refractivity contribution in [3.05, 3.63) is 24.5 Å². The Morgan fingerprint density at radius 1 is 1.17 bits per heavy atom. The van der Waals surface area contributed by atoms with Gasteiger partial charge in [-0.3, -0.25) is 9.59 Å². The second-order valence-electron chi connectivity index (χ2n) is 4.09. The van der Waals surface area contributed by atoms with E-state index in [9.17, 15) is 14.4 Å². The van der Waals surface area contributed by atoms with Crippen LogP contribution in [0.5, 0.6) is 0 Å². The molecule has 1 aromatic carbocycles. The number of carboxylic acids is 2. The van der Waals surface area contributed by atoms with Crippen molar-refractivity contribution in [3.8, 4) is 0 Å². The minimum Gasteiger partial charge on any atom is -0.481 e. The number of carboxylic acid groups (broad SMARTS) is 2. The molecule has 1 heterocycles. The molecule has 0 fully saturated rings. The molecule has 0 aliphatic carbocycles. The number of aromatic amines is 1. The van der Waals surface area contributed by atoms with Gasteiger partial charge in [-0.25, -0.2) is 9.78 Å². The smallest absolute Gasteiger partial charge is 0.316 e.